The Morgan fingerprint density at radius 2 is 2.03 bits per heavy atom. The number of thiazole rings is 1. The van der Waals surface area contributed by atoms with Crippen molar-refractivity contribution in [3.63, 3.8) is 0 Å². The van der Waals surface area contributed by atoms with E-state index in [2.05, 4.69) is 9.97 Å². The zero-order valence-electron chi connectivity index (χ0n) is 19.7. The predicted molar refractivity (Wildman–Crippen MR) is 130 cm³/mol. The average molecular weight is 499 g/mol. The summed E-state index contributed by atoms with van der Waals surface area (Å²) in [6, 6.07) is 7.24. The highest BCUT2D eigenvalue weighted by molar-refractivity contribution is 7.19. The lowest BCUT2D eigenvalue weighted by atomic mass is 9.89. The molecule has 1 aliphatic heterocycles. The number of aryl methyl sites for hydroxylation is 1. The summed E-state index contributed by atoms with van der Waals surface area (Å²) < 4.78 is 39.7. The van der Waals surface area contributed by atoms with Crippen molar-refractivity contribution in [2.24, 2.45) is 0 Å². The van der Waals surface area contributed by atoms with Gasteiger partial charge in [0.2, 0.25) is 0 Å². The van der Waals surface area contributed by atoms with Crippen LogP contribution in [0.15, 0.2) is 30.5 Å². The molecule has 35 heavy (non-hydrogen) atoms. The Bertz CT molecular complexity index is 1470. The second-order valence-electron chi connectivity index (χ2n) is 9.54. The molecular formula is C26H24F2N2O4S. The number of pyridine rings is 1. The van der Waals surface area contributed by atoms with Crippen LogP contribution < -0.4 is 4.74 Å². The molecule has 3 heterocycles. The second kappa shape index (κ2) is 8.49. The van der Waals surface area contributed by atoms with Crippen molar-refractivity contribution < 1.29 is 28.2 Å². The predicted octanol–water partition coefficient (Wildman–Crippen LogP) is 6.63. The number of aromatic nitrogens is 2. The number of hydrogen-bond acceptors (Lipinski definition) is 6. The molecule has 0 fully saturated rings. The summed E-state index contributed by atoms with van der Waals surface area (Å²) >= 11 is 0.865. The van der Waals surface area contributed by atoms with Crippen LogP contribution in [0.3, 0.4) is 0 Å². The summed E-state index contributed by atoms with van der Waals surface area (Å²) in [7, 11) is 0. The molecule has 0 amide bonds. The molecule has 182 valence electrons. The number of fused-ring (bicyclic) bond motifs is 1. The average Bonchev–Trinajstić information content (AvgIpc) is 3.21. The van der Waals surface area contributed by atoms with Gasteiger partial charge < -0.3 is 14.6 Å². The number of hydrogen-bond donors (Lipinski definition) is 1. The highest BCUT2D eigenvalue weighted by Gasteiger charge is 2.33. The first-order valence-corrected chi connectivity index (χ1v) is 12.0. The minimum absolute atomic E-state index is 0.319. The van der Waals surface area contributed by atoms with Crippen molar-refractivity contribution in [3.8, 4) is 16.9 Å². The first-order valence-electron chi connectivity index (χ1n) is 11.2. The van der Waals surface area contributed by atoms with Gasteiger partial charge in [-0.3, -0.25) is 4.98 Å². The quantitative estimate of drug-likeness (QED) is 0.332. The standard InChI is InChI=1S/C26H24F2N2O4S/c1-12-11-15-22(35-24(30-15)23(27)28)19(17(12)21(25(31)32)34-26(2,3)4)14-5-6-16-18-13(8-10-33-16)7-9-29-20(14)18/h5-7,9,11,21,23H,8,10H2,1-4H3,(H,31,32). The summed E-state index contributed by atoms with van der Waals surface area (Å²) in [5, 5.41) is 10.7. The van der Waals surface area contributed by atoms with Gasteiger partial charge in [-0.2, -0.15) is 0 Å². The molecule has 0 bridgehead atoms. The van der Waals surface area contributed by atoms with E-state index < -0.39 is 24.1 Å². The molecule has 9 heteroatoms. The first-order chi connectivity index (χ1) is 16.5. The summed E-state index contributed by atoms with van der Waals surface area (Å²) in [6.45, 7) is 7.64. The summed E-state index contributed by atoms with van der Waals surface area (Å²) in [4.78, 5) is 21.3. The Morgan fingerprint density at radius 3 is 2.71 bits per heavy atom. The smallest absolute Gasteiger partial charge is 0.337 e. The Labute approximate surface area is 204 Å². The van der Waals surface area contributed by atoms with Gasteiger partial charge in [0, 0.05) is 34.7 Å². The van der Waals surface area contributed by atoms with Crippen LogP contribution >= 0.6 is 11.3 Å². The van der Waals surface area contributed by atoms with Gasteiger partial charge in [0.05, 0.1) is 27.9 Å². The van der Waals surface area contributed by atoms with Gasteiger partial charge in [0.15, 0.2) is 11.1 Å². The zero-order valence-corrected chi connectivity index (χ0v) is 20.5. The number of carboxylic acid groups (broad SMARTS) is 1. The first kappa shape index (κ1) is 23.6. The van der Waals surface area contributed by atoms with E-state index in [0.717, 1.165) is 22.3 Å². The summed E-state index contributed by atoms with van der Waals surface area (Å²) in [5.74, 6) is -0.469. The van der Waals surface area contributed by atoms with Gasteiger partial charge in [-0.1, -0.05) is 0 Å². The lowest BCUT2D eigenvalue weighted by Gasteiger charge is -2.28. The highest BCUT2D eigenvalue weighted by Crippen LogP contribution is 2.47. The van der Waals surface area contributed by atoms with Gasteiger partial charge in [-0.25, -0.2) is 18.6 Å². The number of nitrogens with zero attached hydrogens (tertiary/aromatic N) is 2. The Kier molecular flexibility index (Phi) is 5.72. The molecule has 2 aromatic carbocycles. The maximum atomic E-state index is 13.7. The number of halogens is 2. The van der Waals surface area contributed by atoms with Crippen molar-refractivity contribution in [1.29, 1.82) is 0 Å². The van der Waals surface area contributed by atoms with Gasteiger partial charge in [0.25, 0.3) is 6.43 Å². The van der Waals surface area contributed by atoms with Crippen LogP contribution in [-0.2, 0) is 16.0 Å². The van der Waals surface area contributed by atoms with Crippen LogP contribution in [0.1, 0.15) is 55.0 Å². The molecule has 1 atom stereocenters. The van der Waals surface area contributed by atoms with E-state index in [1.807, 2.05) is 18.2 Å². The Balaban J connectivity index is 1.91. The lowest BCUT2D eigenvalue weighted by molar-refractivity contribution is -0.160. The lowest BCUT2D eigenvalue weighted by Crippen LogP contribution is -2.28. The van der Waals surface area contributed by atoms with Gasteiger partial charge >= 0.3 is 5.97 Å². The van der Waals surface area contributed by atoms with E-state index >= 15 is 0 Å². The van der Waals surface area contributed by atoms with Crippen LogP contribution in [0, 0.1) is 6.92 Å². The normalized spacial score (nSPS) is 14.5. The minimum atomic E-state index is -2.74. The van der Waals surface area contributed by atoms with Crippen molar-refractivity contribution in [2.75, 3.05) is 6.61 Å². The van der Waals surface area contributed by atoms with Gasteiger partial charge in [-0.05, 0) is 63.1 Å². The monoisotopic (exact) mass is 498 g/mol. The molecule has 4 aromatic rings. The third-order valence-corrected chi connectivity index (χ3v) is 7.02. The number of carbonyl (C=O) groups is 1. The molecule has 1 N–H and O–H groups in total. The van der Waals surface area contributed by atoms with Crippen LogP contribution in [0.2, 0.25) is 0 Å². The van der Waals surface area contributed by atoms with Gasteiger partial charge in [-0.15, -0.1) is 11.3 Å². The maximum Gasteiger partial charge on any atom is 0.337 e. The van der Waals surface area contributed by atoms with E-state index in [4.69, 9.17) is 9.47 Å². The van der Waals surface area contributed by atoms with Crippen LogP contribution in [0.5, 0.6) is 5.75 Å². The number of rotatable bonds is 5. The molecule has 0 saturated heterocycles. The van der Waals surface area contributed by atoms with Gasteiger partial charge in [0.1, 0.15) is 5.75 Å². The van der Waals surface area contributed by atoms with Crippen molar-refractivity contribution in [1.82, 2.24) is 9.97 Å². The van der Waals surface area contributed by atoms with E-state index in [0.29, 0.717) is 56.8 Å². The number of benzene rings is 2. The third-order valence-electron chi connectivity index (χ3n) is 5.93. The Morgan fingerprint density at radius 1 is 1.26 bits per heavy atom. The van der Waals surface area contributed by atoms with Crippen molar-refractivity contribution in [2.45, 2.75) is 52.2 Å². The summed E-state index contributed by atoms with van der Waals surface area (Å²) in [5.41, 5.74) is 3.45. The Hall–Kier alpha value is -3.17. The zero-order chi connectivity index (χ0) is 25.1. The van der Waals surface area contributed by atoms with E-state index in [1.54, 1.807) is 40.0 Å². The number of carboxylic acids is 1. The molecule has 1 unspecified atom stereocenters. The minimum Gasteiger partial charge on any atom is -0.493 e. The largest absolute Gasteiger partial charge is 0.493 e. The third kappa shape index (κ3) is 4.12. The van der Waals surface area contributed by atoms with Crippen LogP contribution in [0.4, 0.5) is 8.78 Å². The number of ether oxygens (including phenoxy) is 2. The molecule has 6 nitrogen and oxygen atoms in total. The van der Waals surface area contributed by atoms with E-state index in [1.165, 1.54) is 0 Å². The fourth-order valence-corrected chi connectivity index (χ4v) is 5.59. The van der Waals surface area contributed by atoms with Crippen LogP contribution in [-0.4, -0.2) is 33.3 Å². The van der Waals surface area contributed by atoms with Crippen molar-refractivity contribution in [3.05, 3.63) is 52.2 Å². The molecular weight excluding hydrogens is 474 g/mol. The SMILES string of the molecule is Cc1cc2nc(C(F)F)sc2c(-c2ccc3c4c(ccnc24)CCO3)c1C(OC(C)(C)C)C(=O)O. The van der Waals surface area contributed by atoms with Crippen LogP contribution in [0.25, 0.3) is 32.2 Å². The number of aliphatic carboxylic acids is 1. The maximum absolute atomic E-state index is 13.7. The molecule has 1 aliphatic rings. The topological polar surface area (TPSA) is 81.5 Å². The molecule has 5 rings (SSSR count). The molecule has 2 aromatic heterocycles. The number of alkyl halides is 2. The molecule has 0 aliphatic carbocycles. The molecule has 0 saturated carbocycles. The summed E-state index contributed by atoms with van der Waals surface area (Å²) in [6.07, 6.45) is -1.64. The highest BCUT2D eigenvalue weighted by atomic mass is 32.1. The van der Waals surface area contributed by atoms with Crippen molar-refractivity contribution >= 4 is 38.4 Å². The van der Waals surface area contributed by atoms with E-state index in [-0.39, 0.29) is 5.01 Å². The second-order valence-corrected chi connectivity index (χ2v) is 10.6. The molecule has 0 radical (unpaired) electrons. The fraction of sp³-hybridized carbons (Fsp3) is 0.346. The molecule has 0 spiro atoms. The van der Waals surface area contributed by atoms with E-state index in [9.17, 15) is 18.7 Å². The fourth-order valence-electron chi connectivity index (χ4n) is 4.62.